The van der Waals surface area contributed by atoms with Gasteiger partial charge in [0.25, 0.3) is 0 Å². The van der Waals surface area contributed by atoms with E-state index in [0.29, 0.717) is 45.6 Å². The number of rotatable bonds is 4. The van der Waals surface area contributed by atoms with Crippen LogP contribution in [0.4, 0.5) is 11.4 Å². The maximum Gasteiger partial charge on any atom is 0.243 e. The summed E-state index contributed by atoms with van der Waals surface area (Å²) in [5.41, 5.74) is 4.13. The average Bonchev–Trinajstić information content (AvgIpc) is 2.92. The number of piperidine rings is 1. The lowest BCUT2D eigenvalue weighted by Gasteiger charge is -2.43. The molecule has 38 heavy (non-hydrogen) atoms. The molecule has 0 radical (unpaired) electrons. The first-order chi connectivity index (χ1) is 18.1. The van der Waals surface area contributed by atoms with Crippen LogP contribution in [0.2, 0.25) is 0 Å². The molecule has 3 aliphatic heterocycles. The van der Waals surface area contributed by atoms with E-state index in [9.17, 15) is 18.0 Å². The third kappa shape index (κ3) is 5.18. The second-order valence-corrected chi connectivity index (χ2v) is 12.8. The molecule has 0 bridgehead atoms. The van der Waals surface area contributed by atoms with Crippen LogP contribution in [0.15, 0.2) is 47.4 Å². The van der Waals surface area contributed by atoms with Crippen molar-refractivity contribution in [1.82, 2.24) is 9.21 Å². The van der Waals surface area contributed by atoms with Crippen LogP contribution in [0.3, 0.4) is 0 Å². The second kappa shape index (κ2) is 10.7. The fraction of sp³-hybridized carbons (Fsp3) is 0.517. The topological polar surface area (TPSA) is 81.2 Å². The SMILES string of the molecule is CC(=O)N1CCCc2cc(S(=O)(=O)N3CCC(C(=O)N4CCN(c5cccc(C)c5)[C@H](C)C4)CC3)ccc21. The Morgan fingerprint density at radius 3 is 2.39 bits per heavy atom. The Kier molecular flexibility index (Phi) is 7.51. The van der Waals surface area contributed by atoms with Crippen molar-refractivity contribution >= 4 is 33.2 Å². The van der Waals surface area contributed by atoms with Gasteiger partial charge in [-0.3, -0.25) is 9.59 Å². The number of carbonyl (C=O) groups excluding carboxylic acids is 2. The summed E-state index contributed by atoms with van der Waals surface area (Å²) >= 11 is 0. The number of benzene rings is 2. The van der Waals surface area contributed by atoms with Crippen molar-refractivity contribution in [2.24, 2.45) is 5.92 Å². The molecule has 2 fully saturated rings. The number of sulfonamides is 1. The molecule has 3 aliphatic rings. The molecular formula is C29H38N4O4S. The first kappa shape index (κ1) is 26.7. The van der Waals surface area contributed by atoms with Crippen molar-refractivity contribution in [2.45, 2.75) is 57.4 Å². The summed E-state index contributed by atoms with van der Waals surface area (Å²) in [4.78, 5) is 31.7. The molecule has 2 aromatic rings. The molecule has 9 heteroatoms. The first-order valence-electron chi connectivity index (χ1n) is 13.7. The highest BCUT2D eigenvalue weighted by molar-refractivity contribution is 7.89. The largest absolute Gasteiger partial charge is 0.365 e. The van der Waals surface area contributed by atoms with Crippen molar-refractivity contribution in [3.63, 3.8) is 0 Å². The van der Waals surface area contributed by atoms with Crippen LogP contribution in [0.1, 0.15) is 44.2 Å². The summed E-state index contributed by atoms with van der Waals surface area (Å²) < 4.78 is 28.4. The molecular weight excluding hydrogens is 500 g/mol. The Balaban J connectivity index is 1.20. The maximum absolute atomic E-state index is 13.4. The van der Waals surface area contributed by atoms with E-state index in [1.54, 1.807) is 23.1 Å². The van der Waals surface area contributed by atoms with Crippen molar-refractivity contribution in [3.05, 3.63) is 53.6 Å². The fourth-order valence-corrected chi connectivity index (χ4v) is 7.68. The van der Waals surface area contributed by atoms with Crippen LogP contribution in [-0.2, 0) is 26.0 Å². The number of anilines is 2. The Labute approximate surface area is 226 Å². The van der Waals surface area contributed by atoms with E-state index in [2.05, 4.69) is 43.0 Å². The summed E-state index contributed by atoms with van der Waals surface area (Å²) in [5, 5.41) is 0. The molecule has 0 aliphatic carbocycles. The molecule has 0 unspecified atom stereocenters. The van der Waals surface area contributed by atoms with Gasteiger partial charge in [0.05, 0.1) is 4.90 Å². The van der Waals surface area contributed by atoms with Gasteiger partial charge in [0.15, 0.2) is 0 Å². The molecule has 1 atom stereocenters. The Morgan fingerprint density at radius 2 is 1.71 bits per heavy atom. The van der Waals surface area contributed by atoms with Gasteiger partial charge < -0.3 is 14.7 Å². The van der Waals surface area contributed by atoms with Crippen molar-refractivity contribution < 1.29 is 18.0 Å². The molecule has 0 spiro atoms. The van der Waals surface area contributed by atoms with Crippen LogP contribution in [0.25, 0.3) is 0 Å². The number of amides is 2. The Bertz CT molecular complexity index is 1320. The molecule has 204 valence electrons. The van der Waals surface area contributed by atoms with Crippen molar-refractivity contribution in [1.29, 1.82) is 0 Å². The summed E-state index contributed by atoms with van der Waals surface area (Å²) in [5.74, 6) is -0.0259. The van der Waals surface area contributed by atoms with Gasteiger partial charge in [0.2, 0.25) is 21.8 Å². The monoisotopic (exact) mass is 538 g/mol. The zero-order chi connectivity index (χ0) is 27.0. The van der Waals surface area contributed by atoms with Crippen molar-refractivity contribution in [3.8, 4) is 0 Å². The van der Waals surface area contributed by atoms with E-state index in [1.807, 2.05) is 4.90 Å². The summed E-state index contributed by atoms with van der Waals surface area (Å²) in [6.07, 6.45) is 2.65. The molecule has 0 aromatic heterocycles. The maximum atomic E-state index is 13.4. The third-order valence-corrected chi connectivity index (χ3v) is 10.2. The van der Waals surface area contributed by atoms with E-state index in [0.717, 1.165) is 30.6 Å². The van der Waals surface area contributed by atoms with E-state index in [4.69, 9.17) is 0 Å². The predicted molar refractivity (Wildman–Crippen MR) is 149 cm³/mol. The van der Waals surface area contributed by atoms with Crippen LogP contribution in [0, 0.1) is 12.8 Å². The Hall–Kier alpha value is -2.91. The molecule has 3 heterocycles. The van der Waals surface area contributed by atoms with Gasteiger partial charge in [0, 0.05) is 69.5 Å². The van der Waals surface area contributed by atoms with Crippen LogP contribution in [0.5, 0.6) is 0 Å². The lowest BCUT2D eigenvalue weighted by molar-refractivity contribution is -0.137. The Morgan fingerprint density at radius 1 is 0.947 bits per heavy atom. The van der Waals surface area contributed by atoms with Crippen LogP contribution in [-0.4, -0.2) is 74.7 Å². The molecule has 0 N–H and O–H groups in total. The number of fused-ring (bicyclic) bond motifs is 1. The van der Waals surface area contributed by atoms with Gasteiger partial charge in [-0.25, -0.2) is 8.42 Å². The zero-order valence-electron chi connectivity index (χ0n) is 22.6. The van der Waals surface area contributed by atoms with E-state index in [1.165, 1.54) is 22.5 Å². The molecule has 0 saturated carbocycles. The minimum atomic E-state index is -3.66. The smallest absolute Gasteiger partial charge is 0.243 e. The number of hydrogen-bond donors (Lipinski definition) is 0. The van der Waals surface area contributed by atoms with Gasteiger partial charge in [0.1, 0.15) is 0 Å². The summed E-state index contributed by atoms with van der Waals surface area (Å²) in [7, 11) is -3.66. The molecule has 2 amide bonds. The zero-order valence-corrected chi connectivity index (χ0v) is 23.4. The highest BCUT2D eigenvalue weighted by Gasteiger charge is 2.36. The minimum absolute atomic E-state index is 0.0285. The molecule has 8 nitrogen and oxygen atoms in total. The summed E-state index contributed by atoms with van der Waals surface area (Å²) in [6, 6.07) is 13.8. The van der Waals surface area contributed by atoms with Crippen molar-refractivity contribution in [2.75, 3.05) is 49.1 Å². The quantitative estimate of drug-likeness (QED) is 0.596. The fourth-order valence-electron chi connectivity index (χ4n) is 6.16. The van der Waals surface area contributed by atoms with E-state index < -0.39 is 10.0 Å². The van der Waals surface area contributed by atoms with Crippen LogP contribution >= 0.6 is 0 Å². The van der Waals surface area contributed by atoms with Gasteiger partial charge in [-0.05, 0) is 81.0 Å². The van der Waals surface area contributed by atoms with Gasteiger partial charge >= 0.3 is 0 Å². The molecule has 2 saturated heterocycles. The third-order valence-electron chi connectivity index (χ3n) is 8.26. The highest BCUT2D eigenvalue weighted by Crippen LogP contribution is 2.32. The predicted octanol–water partition coefficient (Wildman–Crippen LogP) is 3.43. The lowest BCUT2D eigenvalue weighted by atomic mass is 9.95. The van der Waals surface area contributed by atoms with Gasteiger partial charge in [-0.2, -0.15) is 4.31 Å². The first-order valence-corrected chi connectivity index (χ1v) is 15.1. The standard InChI is InChI=1S/C29H38N4O4S/c1-21-6-4-8-26(18-21)32-17-16-30(20-22(32)2)29(35)24-11-14-31(15-12-24)38(36,37)27-9-10-28-25(19-27)7-5-13-33(28)23(3)34/h4,6,8-10,18-19,22,24H,5,7,11-17,20H2,1-3H3/t22-/m1/s1. The normalized spacial score (nSPS) is 21.3. The van der Waals surface area contributed by atoms with E-state index >= 15 is 0 Å². The number of carbonyl (C=O) groups is 2. The highest BCUT2D eigenvalue weighted by atomic mass is 32.2. The summed E-state index contributed by atoms with van der Waals surface area (Å²) in [6.45, 7) is 9.29. The number of hydrogen-bond acceptors (Lipinski definition) is 5. The van der Waals surface area contributed by atoms with E-state index in [-0.39, 0.29) is 28.7 Å². The second-order valence-electron chi connectivity index (χ2n) is 10.9. The number of nitrogens with zero attached hydrogens (tertiary/aromatic N) is 4. The van der Waals surface area contributed by atoms with Gasteiger partial charge in [-0.15, -0.1) is 0 Å². The minimum Gasteiger partial charge on any atom is -0.365 e. The van der Waals surface area contributed by atoms with Crippen LogP contribution < -0.4 is 9.80 Å². The van der Waals surface area contributed by atoms with Gasteiger partial charge in [-0.1, -0.05) is 12.1 Å². The number of piperazine rings is 1. The molecule has 2 aromatic carbocycles. The lowest BCUT2D eigenvalue weighted by Crippen LogP contribution is -2.55. The average molecular weight is 539 g/mol. The number of aryl methyl sites for hydroxylation is 2. The molecule has 5 rings (SSSR count).